The molecule has 3 heterocycles. The smallest absolute Gasteiger partial charge is 0.251 e. The van der Waals surface area contributed by atoms with Gasteiger partial charge < -0.3 is 14.9 Å². The average molecular weight is 483 g/mol. The molecule has 1 aromatic carbocycles. The van der Waals surface area contributed by atoms with Gasteiger partial charge in [-0.2, -0.15) is 0 Å². The molecule has 0 aliphatic heterocycles. The van der Waals surface area contributed by atoms with E-state index in [-0.39, 0.29) is 18.0 Å². The summed E-state index contributed by atoms with van der Waals surface area (Å²) < 4.78 is 2.15. The quantitative estimate of drug-likeness (QED) is 0.441. The molecule has 0 saturated carbocycles. The topological polar surface area (TPSA) is 79.8 Å². The van der Waals surface area contributed by atoms with Crippen LogP contribution in [0.15, 0.2) is 51.9 Å². The first-order valence-corrected chi connectivity index (χ1v) is 11.4. The van der Waals surface area contributed by atoms with Crippen LogP contribution in [0.2, 0.25) is 0 Å². The molecular formula is C22H19BrN4O2S. The molecule has 1 aliphatic carbocycles. The monoisotopic (exact) mass is 482 g/mol. The van der Waals surface area contributed by atoms with E-state index in [1.165, 1.54) is 21.1 Å². The summed E-state index contributed by atoms with van der Waals surface area (Å²) in [5.41, 5.74) is 3.93. The van der Waals surface area contributed by atoms with Crippen molar-refractivity contribution in [1.82, 2.24) is 14.5 Å². The van der Waals surface area contributed by atoms with Gasteiger partial charge in [0.2, 0.25) is 5.91 Å². The van der Waals surface area contributed by atoms with E-state index in [4.69, 9.17) is 4.98 Å². The number of thiophene rings is 1. The number of aromatic nitrogens is 3. The van der Waals surface area contributed by atoms with Crippen molar-refractivity contribution in [2.75, 3.05) is 5.32 Å². The number of hydrogen-bond donors (Lipinski definition) is 2. The number of hydrogen-bond acceptors (Lipinski definition) is 4. The number of halogens is 1. The SMILES string of the molecule is O=C(Cn1cc(Br)ccc1=O)Nc1sc2c(c1-c1nc3ccccc3[nH]1)CCCC2. The number of pyridine rings is 1. The Hall–Kier alpha value is -2.71. The molecule has 0 unspecified atom stereocenters. The second-order valence-electron chi connectivity index (χ2n) is 7.38. The van der Waals surface area contributed by atoms with Crippen LogP contribution >= 0.6 is 27.3 Å². The molecule has 1 amide bonds. The number of para-hydroxylation sites is 2. The zero-order valence-corrected chi connectivity index (χ0v) is 18.5. The number of nitrogens with zero attached hydrogens (tertiary/aromatic N) is 2. The molecule has 0 spiro atoms. The minimum absolute atomic E-state index is 0.0413. The third-order valence-corrected chi connectivity index (χ3v) is 6.99. The van der Waals surface area contributed by atoms with E-state index in [0.29, 0.717) is 0 Å². The van der Waals surface area contributed by atoms with Crippen LogP contribution < -0.4 is 10.9 Å². The number of carbonyl (C=O) groups is 1. The standard InChI is InChI=1S/C22H19BrN4O2S/c23-13-9-10-19(29)27(11-13)12-18(28)26-22-20(14-5-1-4-8-17(14)30-22)21-24-15-6-2-3-7-16(15)25-21/h2-3,6-7,9-11H,1,4-5,8,12H2,(H,24,25)(H,26,28). The summed E-state index contributed by atoms with van der Waals surface area (Å²) in [6.07, 6.45) is 5.93. The Bertz CT molecular complexity index is 1290. The average Bonchev–Trinajstić information content (AvgIpc) is 3.31. The van der Waals surface area contributed by atoms with E-state index in [0.717, 1.165) is 57.6 Å². The van der Waals surface area contributed by atoms with Crippen LogP contribution in [0.25, 0.3) is 22.4 Å². The van der Waals surface area contributed by atoms with Gasteiger partial charge >= 0.3 is 0 Å². The van der Waals surface area contributed by atoms with Crippen LogP contribution in [0, 0.1) is 0 Å². The number of carbonyl (C=O) groups excluding carboxylic acids is 1. The van der Waals surface area contributed by atoms with Gasteiger partial charge in [0, 0.05) is 21.6 Å². The van der Waals surface area contributed by atoms with Gasteiger partial charge in [-0.15, -0.1) is 11.3 Å². The van der Waals surface area contributed by atoms with Crippen LogP contribution in [0.3, 0.4) is 0 Å². The zero-order chi connectivity index (χ0) is 20.7. The minimum Gasteiger partial charge on any atom is -0.338 e. The summed E-state index contributed by atoms with van der Waals surface area (Å²) in [4.78, 5) is 34.4. The predicted molar refractivity (Wildman–Crippen MR) is 123 cm³/mol. The highest BCUT2D eigenvalue weighted by Gasteiger charge is 2.25. The number of rotatable bonds is 4. The van der Waals surface area contributed by atoms with E-state index < -0.39 is 0 Å². The van der Waals surface area contributed by atoms with E-state index in [2.05, 4.69) is 26.2 Å². The molecule has 30 heavy (non-hydrogen) atoms. The van der Waals surface area contributed by atoms with Gasteiger partial charge in [-0.1, -0.05) is 12.1 Å². The first-order chi connectivity index (χ1) is 14.6. The van der Waals surface area contributed by atoms with Gasteiger partial charge in [0.15, 0.2) is 0 Å². The maximum Gasteiger partial charge on any atom is 0.251 e. The van der Waals surface area contributed by atoms with Gasteiger partial charge in [0.05, 0.1) is 16.6 Å². The maximum atomic E-state index is 12.8. The highest BCUT2D eigenvalue weighted by Crippen LogP contribution is 2.43. The van der Waals surface area contributed by atoms with Crippen molar-refractivity contribution in [2.45, 2.75) is 32.2 Å². The number of H-pyrrole nitrogens is 1. The second kappa shape index (κ2) is 7.85. The maximum absolute atomic E-state index is 12.8. The lowest BCUT2D eigenvalue weighted by Crippen LogP contribution is -2.26. The van der Waals surface area contributed by atoms with E-state index in [9.17, 15) is 9.59 Å². The Balaban J connectivity index is 1.52. The largest absolute Gasteiger partial charge is 0.338 e. The van der Waals surface area contributed by atoms with Gasteiger partial charge in [0.25, 0.3) is 5.56 Å². The van der Waals surface area contributed by atoms with Crippen molar-refractivity contribution in [3.05, 3.63) is 67.9 Å². The fourth-order valence-electron chi connectivity index (χ4n) is 3.92. The molecule has 0 fully saturated rings. The second-order valence-corrected chi connectivity index (χ2v) is 9.40. The third-order valence-electron chi connectivity index (χ3n) is 5.31. The molecule has 0 radical (unpaired) electrons. The number of aromatic amines is 1. The van der Waals surface area contributed by atoms with Crippen LogP contribution in [0.4, 0.5) is 5.00 Å². The van der Waals surface area contributed by atoms with Crippen LogP contribution in [-0.2, 0) is 24.2 Å². The number of amides is 1. The van der Waals surface area contributed by atoms with Crippen molar-refractivity contribution in [3.8, 4) is 11.4 Å². The molecule has 4 aromatic rings. The zero-order valence-electron chi connectivity index (χ0n) is 16.1. The lowest BCUT2D eigenvalue weighted by atomic mass is 9.95. The van der Waals surface area contributed by atoms with Crippen LogP contribution in [-0.4, -0.2) is 20.4 Å². The van der Waals surface area contributed by atoms with Crippen molar-refractivity contribution in [1.29, 1.82) is 0 Å². The summed E-state index contributed by atoms with van der Waals surface area (Å²) in [6, 6.07) is 11.0. The molecule has 0 bridgehead atoms. The van der Waals surface area contributed by atoms with Gasteiger partial charge in [0.1, 0.15) is 17.4 Å². The van der Waals surface area contributed by atoms with E-state index in [1.54, 1.807) is 23.6 Å². The predicted octanol–water partition coefficient (Wildman–Crippen LogP) is 4.73. The Morgan fingerprint density at radius 2 is 2.03 bits per heavy atom. The van der Waals surface area contributed by atoms with Gasteiger partial charge in [-0.25, -0.2) is 4.98 Å². The summed E-state index contributed by atoms with van der Waals surface area (Å²) in [6.45, 7) is -0.0413. The van der Waals surface area contributed by atoms with Crippen molar-refractivity contribution < 1.29 is 4.79 Å². The normalized spacial score (nSPS) is 13.4. The summed E-state index contributed by atoms with van der Waals surface area (Å²) in [5, 5.41) is 3.85. The number of imidazole rings is 1. The molecule has 152 valence electrons. The van der Waals surface area contributed by atoms with Crippen LogP contribution in [0.5, 0.6) is 0 Å². The number of aryl methyl sites for hydroxylation is 1. The molecule has 2 N–H and O–H groups in total. The fraction of sp³-hybridized carbons (Fsp3) is 0.227. The molecule has 6 nitrogen and oxygen atoms in total. The number of benzene rings is 1. The Morgan fingerprint density at radius 3 is 2.90 bits per heavy atom. The summed E-state index contributed by atoms with van der Waals surface area (Å²) in [5.74, 6) is 0.552. The number of nitrogens with one attached hydrogen (secondary N) is 2. The molecule has 3 aromatic heterocycles. The Kier molecular flexibility index (Phi) is 5.04. The van der Waals surface area contributed by atoms with Crippen molar-refractivity contribution >= 4 is 49.2 Å². The van der Waals surface area contributed by atoms with E-state index >= 15 is 0 Å². The minimum atomic E-state index is -0.230. The molecule has 8 heteroatoms. The molecule has 0 atom stereocenters. The Labute approximate surface area is 185 Å². The fourth-order valence-corrected chi connectivity index (χ4v) is 5.61. The molecule has 1 aliphatic rings. The van der Waals surface area contributed by atoms with Crippen LogP contribution in [0.1, 0.15) is 23.3 Å². The lowest BCUT2D eigenvalue weighted by molar-refractivity contribution is -0.116. The summed E-state index contributed by atoms with van der Waals surface area (Å²) >= 11 is 4.97. The Morgan fingerprint density at radius 1 is 1.20 bits per heavy atom. The van der Waals surface area contributed by atoms with E-state index in [1.807, 2.05) is 24.3 Å². The highest BCUT2D eigenvalue weighted by molar-refractivity contribution is 9.10. The van der Waals surface area contributed by atoms with Gasteiger partial charge in [-0.05, 0) is 65.4 Å². The third kappa shape index (κ3) is 3.61. The summed E-state index contributed by atoms with van der Waals surface area (Å²) in [7, 11) is 0. The van der Waals surface area contributed by atoms with Crippen molar-refractivity contribution in [3.63, 3.8) is 0 Å². The lowest BCUT2D eigenvalue weighted by Gasteiger charge is -2.12. The number of fused-ring (bicyclic) bond motifs is 2. The molecule has 0 saturated heterocycles. The molecular weight excluding hydrogens is 464 g/mol. The first-order valence-electron chi connectivity index (χ1n) is 9.84. The van der Waals surface area contributed by atoms with Gasteiger partial charge in [-0.3, -0.25) is 9.59 Å². The highest BCUT2D eigenvalue weighted by atomic mass is 79.9. The van der Waals surface area contributed by atoms with Crippen molar-refractivity contribution in [2.24, 2.45) is 0 Å². The number of anilines is 1. The molecule has 5 rings (SSSR count). The first kappa shape index (κ1) is 19.3.